The van der Waals surface area contributed by atoms with E-state index in [0.717, 1.165) is 22.6 Å². The third-order valence-electron chi connectivity index (χ3n) is 4.06. The molecule has 0 unspecified atom stereocenters. The van der Waals surface area contributed by atoms with E-state index < -0.39 is 0 Å². The molecule has 1 fully saturated rings. The molecule has 1 N–H and O–H groups in total. The van der Waals surface area contributed by atoms with E-state index in [1.54, 1.807) is 17.0 Å². The summed E-state index contributed by atoms with van der Waals surface area (Å²) in [5.74, 6) is 0.281. The van der Waals surface area contributed by atoms with Crippen molar-refractivity contribution in [2.45, 2.75) is 24.7 Å². The van der Waals surface area contributed by atoms with E-state index >= 15 is 0 Å². The molecule has 2 aromatic carbocycles. The van der Waals surface area contributed by atoms with Crippen molar-refractivity contribution in [1.29, 1.82) is 0 Å². The van der Waals surface area contributed by atoms with E-state index in [-0.39, 0.29) is 11.8 Å². The smallest absolute Gasteiger partial charge is 0.234 e. The lowest BCUT2D eigenvalue weighted by atomic mass is 10.2. The third-order valence-corrected chi connectivity index (χ3v) is 5.57. The lowest BCUT2D eigenvalue weighted by Crippen LogP contribution is -2.24. The van der Waals surface area contributed by atoms with Gasteiger partial charge in [0.05, 0.1) is 16.5 Å². The van der Waals surface area contributed by atoms with Gasteiger partial charge in [0.2, 0.25) is 11.8 Å². The summed E-state index contributed by atoms with van der Waals surface area (Å²) in [6.45, 7) is 2.73. The van der Waals surface area contributed by atoms with Gasteiger partial charge in [0.1, 0.15) is 0 Å². The Morgan fingerprint density at radius 3 is 2.80 bits per heavy atom. The normalized spacial score (nSPS) is 14.0. The third kappa shape index (κ3) is 4.35. The van der Waals surface area contributed by atoms with Gasteiger partial charge in [0.25, 0.3) is 0 Å². The Hall–Kier alpha value is -1.98. The maximum Gasteiger partial charge on any atom is 0.234 e. The number of hydrogen-bond donors (Lipinski definition) is 1. The second kappa shape index (κ2) is 7.93. The van der Waals surface area contributed by atoms with Crippen LogP contribution in [-0.2, 0) is 9.59 Å². The minimum atomic E-state index is -0.125. The second-order valence-electron chi connectivity index (χ2n) is 5.92. The van der Waals surface area contributed by atoms with Crippen LogP contribution in [0.5, 0.6) is 0 Å². The first-order valence-corrected chi connectivity index (χ1v) is 9.49. The molecule has 0 radical (unpaired) electrons. The maximum atomic E-state index is 12.3. The number of anilines is 2. The number of carbonyl (C=O) groups excluding carboxylic acids is 2. The minimum absolute atomic E-state index is 0.106. The molecule has 3 rings (SSSR count). The highest BCUT2D eigenvalue weighted by molar-refractivity contribution is 8.00. The molecule has 2 amide bonds. The number of nitrogens with one attached hydrogen (secondary N) is 1. The summed E-state index contributed by atoms with van der Waals surface area (Å²) in [6, 6.07) is 13.2. The van der Waals surface area contributed by atoms with Crippen LogP contribution in [0.2, 0.25) is 5.02 Å². The van der Waals surface area contributed by atoms with E-state index in [1.807, 2.05) is 37.3 Å². The van der Waals surface area contributed by atoms with Crippen molar-refractivity contribution < 1.29 is 9.59 Å². The maximum absolute atomic E-state index is 12.3. The van der Waals surface area contributed by atoms with Crippen molar-refractivity contribution in [2.75, 3.05) is 22.5 Å². The van der Waals surface area contributed by atoms with Crippen LogP contribution in [0.3, 0.4) is 0 Å². The van der Waals surface area contributed by atoms with Crippen LogP contribution >= 0.6 is 23.4 Å². The molecule has 6 heteroatoms. The van der Waals surface area contributed by atoms with Gasteiger partial charge in [-0.3, -0.25) is 9.59 Å². The van der Waals surface area contributed by atoms with Crippen LogP contribution in [0.4, 0.5) is 11.4 Å². The fraction of sp³-hybridized carbons (Fsp3) is 0.263. The first kappa shape index (κ1) is 17.8. The highest BCUT2D eigenvalue weighted by Crippen LogP contribution is 2.30. The van der Waals surface area contributed by atoms with E-state index in [4.69, 9.17) is 11.6 Å². The minimum Gasteiger partial charge on any atom is -0.324 e. The second-order valence-corrected chi connectivity index (χ2v) is 7.34. The standard InChI is InChI=1S/C19H19ClN2O2S/c1-13-5-2-3-6-17(13)25-12-18(23)21-16-11-14(8-9-15(16)20)22-10-4-7-19(22)24/h2-3,5-6,8-9,11H,4,7,10,12H2,1H3,(H,21,23). The van der Waals surface area contributed by atoms with Gasteiger partial charge in [-0.2, -0.15) is 0 Å². The van der Waals surface area contributed by atoms with E-state index in [0.29, 0.717) is 29.4 Å². The summed E-state index contributed by atoms with van der Waals surface area (Å²) >= 11 is 7.69. The van der Waals surface area contributed by atoms with Crippen molar-refractivity contribution in [3.63, 3.8) is 0 Å². The Morgan fingerprint density at radius 2 is 2.08 bits per heavy atom. The summed E-state index contributed by atoms with van der Waals surface area (Å²) < 4.78 is 0. The Bertz CT molecular complexity index is 810. The molecule has 1 saturated heterocycles. The molecular weight excluding hydrogens is 356 g/mol. The summed E-state index contributed by atoms with van der Waals surface area (Å²) in [4.78, 5) is 27.0. The molecule has 25 heavy (non-hydrogen) atoms. The van der Waals surface area contributed by atoms with Gasteiger partial charge < -0.3 is 10.2 Å². The van der Waals surface area contributed by atoms with Crippen LogP contribution in [-0.4, -0.2) is 24.1 Å². The summed E-state index contributed by atoms with van der Waals surface area (Å²) in [6.07, 6.45) is 1.42. The lowest BCUT2D eigenvalue weighted by Gasteiger charge is -2.17. The molecule has 0 atom stereocenters. The molecule has 0 spiro atoms. The van der Waals surface area contributed by atoms with Crippen molar-refractivity contribution in [1.82, 2.24) is 0 Å². The average Bonchev–Trinajstić information content (AvgIpc) is 3.02. The van der Waals surface area contributed by atoms with E-state index in [1.165, 1.54) is 11.8 Å². The largest absolute Gasteiger partial charge is 0.324 e. The molecule has 0 aromatic heterocycles. The summed E-state index contributed by atoms with van der Waals surface area (Å²) in [7, 11) is 0. The first-order valence-electron chi connectivity index (χ1n) is 8.13. The molecule has 1 heterocycles. The number of nitrogens with zero attached hydrogens (tertiary/aromatic N) is 1. The molecular formula is C19H19ClN2O2S. The average molecular weight is 375 g/mol. The van der Waals surface area contributed by atoms with Gasteiger partial charge in [-0.1, -0.05) is 29.8 Å². The van der Waals surface area contributed by atoms with Gasteiger partial charge in [0.15, 0.2) is 0 Å². The summed E-state index contributed by atoms with van der Waals surface area (Å²) in [5.41, 5.74) is 2.45. The fourth-order valence-electron chi connectivity index (χ4n) is 2.75. The predicted octanol–water partition coefficient (Wildman–Crippen LogP) is 4.51. The van der Waals surface area contributed by atoms with Crippen molar-refractivity contribution in [2.24, 2.45) is 0 Å². The monoisotopic (exact) mass is 374 g/mol. The number of amides is 2. The van der Waals surface area contributed by atoms with Gasteiger partial charge in [-0.15, -0.1) is 11.8 Å². The van der Waals surface area contributed by atoms with Gasteiger partial charge >= 0.3 is 0 Å². The molecule has 1 aliphatic heterocycles. The van der Waals surface area contributed by atoms with Crippen molar-refractivity contribution in [3.05, 3.63) is 53.1 Å². The van der Waals surface area contributed by atoms with Crippen LogP contribution in [0.15, 0.2) is 47.4 Å². The molecule has 2 aromatic rings. The number of benzene rings is 2. The van der Waals surface area contributed by atoms with Crippen LogP contribution in [0.25, 0.3) is 0 Å². The first-order chi connectivity index (χ1) is 12.0. The van der Waals surface area contributed by atoms with E-state index in [9.17, 15) is 9.59 Å². The zero-order chi connectivity index (χ0) is 17.8. The molecule has 0 saturated carbocycles. The molecule has 0 bridgehead atoms. The number of carbonyl (C=O) groups is 2. The Kier molecular flexibility index (Phi) is 5.66. The zero-order valence-corrected chi connectivity index (χ0v) is 15.5. The Morgan fingerprint density at radius 1 is 1.28 bits per heavy atom. The number of hydrogen-bond acceptors (Lipinski definition) is 3. The fourth-order valence-corrected chi connectivity index (χ4v) is 3.74. The van der Waals surface area contributed by atoms with E-state index in [2.05, 4.69) is 5.32 Å². The number of rotatable bonds is 5. The topological polar surface area (TPSA) is 49.4 Å². The number of halogens is 1. The molecule has 0 aliphatic carbocycles. The van der Waals surface area contributed by atoms with Gasteiger partial charge in [-0.05, 0) is 43.2 Å². The van der Waals surface area contributed by atoms with Gasteiger partial charge in [0, 0.05) is 23.5 Å². The Balaban J connectivity index is 1.66. The molecule has 1 aliphatic rings. The van der Waals surface area contributed by atoms with Crippen molar-refractivity contribution >= 4 is 46.6 Å². The summed E-state index contributed by atoms with van der Waals surface area (Å²) in [5, 5.41) is 3.31. The van der Waals surface area contributed by atoms with Crippen LogP contribution in [0.1, 0.15) is 18.4 Å². The van der Waals surface area contributed by atoms with Crippen LogP contribution in [0, 0.1) is 6.92 Å². The highest BCUT2D eigenvalue weighted by atomic mass is 35.5. The zero-order valence-electron chi connectivity index (χ0n) is 13.9. The quantitative estimate of drug-likeness (QED) is 0.783. The molecule has 130 valence electrons. The van der Waals surface area contributed by atoms with Crippen molar-refractivity contribution in [3.8, 4) is 0 Å². The van der Waals surface area contributed by atoms with Crippen LogP contribution < -0.4 is 10.2 Å². The number of thioether (sulfide) groups is 1. The lowest BCUT2D eigenvalue weighted by molar-refractivity contribution is -0.117. The SMILES string of the molecule is Cc1ccccc1SCC(=O)Nc1cc(N2CCCC2=O)ccc1Cl. The number of aryl methyl sites for hydroxylation is 1. The molecule has 4 nitrogen and oxygen atoms in total. The Labute approximate surface area is 156 Å². The van der Waals surface area contributed by atoms with Gasteiger partial charge in [-0.25, -0.2) is 0 Å². The predicted molar refractivity (Wildman–Crippen MR) is 104 cm³/mol. The highest BCUT2D eigenvalue weighted by Gasteiger charge is 2.22.